The first kappa shape index (κ1) is 13.2. The Bertz CT molecular complexity index is 405. The largest absolute Gasteiger partial charge is 0.497 e. The van der Waals surface area contributed by atoms with Gasteiger partial charge in [-0.05, 0) is 37.0 Å². The fraction of sp³-hybridized carbons (Fsp3) is 0.500. The molecule has 3 nitrogen and oxygen atoms in total. The van der Waals surface area contributed by atoms with E-state index in [-0.39, 0.29) is 17.3 Å². The van der Waals surface area contributed by atoms with Crippen LogP contribution >= 0.6 is 11.6 Å². The minimum atomic E-state index is 0.0396. The van der Waals surface area contributed by atoms with Crippen molar-refractivity contribution < 1.29 is 9.53 Å². The topological polar surface area (TPSA) is 38.3 Å². The molecule has 1 aromatic carbocycles. The van der Waals surface area contributed by atoms with E-state index in [1.165, 1.54) is 0 Å². The molecule has 0 aromatic heterocycles. The molecule has 98 valence electrons. The Morgan fingerprint density at radius 3 is 2.67 bits per heavy atom. The van der Waals surface area contributed by atoms with E-state index in [2.05, 4.69) is 5.32 Å². The van der Waals surface area contributed by atoms with Gasteiger partial charge in [-0.15, -0.1) is 11.6 Å². The zero-order valence-electron chi connectivity index (χ0n) is 10.5. The highest BCUT2D eigenvalue weighted by Gasteiger charge is 2.26. The van der Waals surface area contributed by atoms with Crippen LogP contribution in [0.15, 0.2) is 24.3 Å². The zero-order chi connectivity index (χ0) is 13.0. The van der Waals surface area contributed by atoms with E-state index in [0.29, 0.717) is 6.42 Å². The van der Waals surface area contributed by atoms with Crippen LogP contribution in [0.4, 0.5) is 0 Å². The van der Waals surface area contributed by atoms with Gasteiger partial charge >= 0.3 is 0 Å². The Balaban J connectivity index is 1.86. The number of benzene rings is 1. The van der Waals surface area contributed by atoms with E-state index in [0.717, 1.165) is 30.6 Å². The Kier molecular flexibility index (Phi) is 4.48. The van der Waals surface area contributed by atoms with Crippen molar-refractivity contribution in [1.82, 2.24) is 5.32 Å². The average molecular weight is 268 g/mol. The number of hydrogen-bond donors (Lipinski definition) is 1. The molecule has 1 amide bonds. The monoisotopic (exact) mass is 267 g/mol. The Labute approximate surface area is 112 Å². The summed E-state index contributed by atoms with van der Waals surface area (Å²) < 4.78 is 5.08. The van der Waals surface area contributed by atoms with Crippen LogP contribution in [0.2, 0.25) is 0 Å². The molecule has 1 N–H and O–H groups in total. The third-order valence-electron chi connectivity index (χ3n) is 3.30. The van der Waals surface area contributed by atoms with Crippen molar-refractivity contribution in [3.8, 4) is 5.75 Å². The second-order valence-electron chi connectivity index (χ2n) is 4.65. The van der Waals surface area contributed by atoms with Gasteiger partial charge in [-0.1, -0.05) is 12.1 Å². The molecule has 0 radical (unpaired) electrons. The molecule has 2 rings (SSSR count). The van der Waals surface area contributed by atoms with Crippen molar-refractivity contribution in [2.45, 2.75) is 37.1 Å². The van der Waals surface area contributed by atoms with Gasteiger partial charge in [-0.25, -0.2) is 0 Å². The maximum atomic E-state index is 11.9. The van der Waals surface area contributed by atoms with Crippen molar-refractivity contribution in [3.05, 3.63) is 29.8 Å². The predicted molar refractivity (Wildman–Crippen MR) is 72.1 cm³/mol. The van der Waals surface area contributed by atoms with Crippen LogP contribution in [0.5, 0.6) is 5.75 Å². The summed E-state index contributed by atoms with van der Waals surface area (Å²) >= 11 is 6.13. The molecule has 1 fully saturated rings. The van der Waals surface area contributed by atoms with Gasteiger partial charge in [0.05, 0.1) is 18.9 Å². The van der Waals surface area contributed by atoms with Crippen LogP contribution in [-0.2, 0) is 11.2 Å². The molecule has 1 aromatic rings. The molecule has 2 unspecified atom stereocenters. The van der Waals surface area contributed by atoms with E-state index in [4.69, 9.17) is 16.3 Å². The quantitative estimate of drug-likeness (QED) is 0.852. The molecule has 4 heteroatoms. The molecule has 0 bridgehead atoms. The molecular weight excluding hydrogens is 250 g/mol. The number of halogens is 1. The maximum Gasteiger partial charge on any atom is 0.224 e. The number of carbonyl (C=O) groups is 1. The summed E-state index contributed by atoms with van der Waals surface area (Å²) in [7, 11) is 1.63. The molecule has 1 saturated carbocycles. The van der Waals surface area contributed by atoms with E-state index >= 15 is 0 Å². The third kappa shape index (κ3) is 3.39. The van der Waals surface area contributed by atoms with Gasteiger partial charge in [-0.3, -0.25) is 4.79 Å². The zero-order valence-corrected chi connectivity index (χ0v) is 11.2. The second-order valence-corrected chi connectivity index (χ2v) is 5.21. The molecule has 18 heavy (non-hydrogen) atoms. The minimum Gasteiger partial charge on any atom is -0.497 e. The smallest absolute Gasteiger partial charge is 0.224 e. The minimum absolute atomic E-state index is 0.0396. The fourth-order valence-electron chi connectivity index (χ4n) is 2.26. The van der Waals surface area contributed by atoms with Gasteiger partial charge in [0.2, 0.25) is 5.91 Å². The van der Waals surface area contributed by atoms with Crippen LogP contribution in [0.25, 0.3) is 0 Å². The van der Waals surface area contributed by atoms with Crippen molar-refractivity contribution in [2.24, 2.45) is 0 Å². The number of ether oxygens (including phenoxy) is 1. The van der Waals surface area contributed by atoms with Gasteiger partial charge in [0.25, 0.3) is 0 Å². The first-order valence-corrected chi connectivity index (χ1v) is 6.69. The molecule has 0 spiro atoms. The maximum absolute atomic E-state index is 11.9. The van der Waals surface area contributed by atoms with Crippen molar-refractivity contribution in [2.75, 3.05) is 7.11 Å². The molecule has 1 aliphatic carbocycles. The van der Waals surface area contributed by atoms with Gasteiger partial charge in [0.1, 0.15) is 5.75 Å². The van der Waals surface area contributed by atoms with Crippen LogP contribution in [0.3, 0.4) is 0 Å². The lowest BCUT2D eigenvalue weighted by Crippen LogP contribution is -2.38. The summed E-state index contributed by atoms with van der Waals surface area (Å²) in [5, 5.41) is 3.09. The summed E-state index contributed by atoms with van der Waals surface area (Å²) in [6.07, 6.45) is 3.48. The number of carbonyl (C=O) groups excluding carboxylic acids is 1. The predicted octanol–water partition coefficient (Wildman–Crippen LogP) is 2.51. The number of alkyl halides is 1. The summed E-state index contributed by atoms with van der Waals surface area (Å²) in [5.41, 5.74) is 0.984. The summed E-state index contributed by atoms with van der Waals surface area (Å²) in [6, 6.07) is 7.68. The van der Waals surface area contributed by atoms with Gasteiger partial charge < -0.3 is 10.1 Å². The lowest BCUT2D eigenvalue weighted by Gasteiger charge is -2.15. The van der Waals surface area contributed by atoms with Crippen molar-refractivity contribution >= 4 is 17.5 Å². The Morgan fingerprint density at radius 1 is 1.39 bits per heavy atom. The van der Waals surface area contributed by atoms with Crippen LogP contribution in [0.1, 0.15) is 24.8 Å². The number of methoxy groups -OCH3 is 1. The van der Waals surface area contributed by atoms with Crippen LogP contribution in [0, 0.1) is 0 Å². The standard InChI is InChI=1S/C14H18ClNO2/c1-18-11-7-5-10(6-8-11)9-14(17)16-13-4-2-3-12(13)15/h5-8,12-13H,2-4,9H2,1H3,(H,16,17). The second kappa shape index (κ2) is 6.10. The van der Waals surface area contributed by atoms with Gasteiger partial charge in [0.15, 0.2) is 0 Å². The highest BCUT2D eigenvalue weighted by atomic mass is 35.5. The van der Waals surface area contributed by atoms with E-state index in [1.54, 1.807) is 7.11 Å². The van der Waals surface area contributed by atoms with E-state index in [9.17, 15) is 4.79 Å². The molecule has 1 aliphatic rings. The van der Waals surface area contributed by atoms with Crippen LogP contribution < -0.4 is 10.1 Å². The normalized spacial score (nSPS) is 22.8. The lowest BCUT2D eigenvalue weighted by atomic mass is 10.1. The highest BCUT2D eigenvalue weighted by Crippen LogP contribution is 2.24. The van der Waals surface area contributed by atoms with Gasteiger partial charge in [-0.2, -0.15) is 0 Å². The highest BCUT2D eigenvalue weighted by molar-refractivity contribution is 6.21. The lowest BCUT2D eigenvalue weighted by molar-refractivity contribution is -0.121. The molecular formula is C14H18ClNO2. The van der Waals surface area contributed by atoms with Crippen LogP contribution in [-0.4, -0.2) is 24.4 Å². The van der Waals surface area contributed by atoms with E-state index < -0.39 is 0 Å². The average Bonchev–Trinajstić information content (AvgIpc) is 2.76. The van der Waals surface area contributed by atoms with Gasteiger partial charge in [0, 0.05) is 6.04 Å². The first-order valence-electron chi connectivity index (χ1n) is 6.25. The van der Waals surface area contributed by atoms with E-state index in [1.807, 2.05) is 24.3 Å². The molecule has 0 saturated heterocycles. The first-order chi connectivity index (χ1) is 8.69. The molecule has 0 heterocycles. The summed E-state index contributed by atoms with van der Waals surface area (Å²) in [6.45, 7) is 0. The molecule has 0 aliphatic heterocycles. The number of amides is 1. The SMILES string of the molecule is COc1ccc(CC(=O)NC2CCCC2Cl)cc1. The fourth-order valence-corrected chi connectivity index (χ4v) is 2.61. The number of rotatable bonds is 4. The Hall–Kier alpha value is -1.22. The van der Waals surface area contributed by atoms with Crippen molar-refractivity contribution in [1.29, 1.82) is 0 Å². The summed E-state index contributed by atoms with van der Waals surface area (Å²) in [5.74, 6) is 0.841. The third-order valence-corrected chi connectivity index (χ3v) is 3.82. The summed E-state index contributed by atoms with van der Waals surface area (Å²) in [4.78, 5) is 11.9. The number of hydrogen-bond acceptors (Lipinski definition) is 2. The molecule has 2 atom stereocenters. The Morgan fingerprint density at radius 2 is 2.11 bits per heavy atom. The van der Waals surface area contributed by atoms with Crippen molar-refractivity contribution in [3.63, 3.8) is 0 Å². The number of nitrogens with one attached hydrogen (secondary N) is 1.